The lowest BCUT2D eigenvalue weighted by atomic mass is 10.0. The molecule has 7 heteroatoms. The molecule has 0 bridgehead atoms. The number of thiophene rings is 1. The zero-order chi connectivity index (χ0) is 17.1. The number of rotatable bonds is 4. The third-order valence-electron chi connectivity index (χ3n) is 4.38. The van der Waals surface area contributed by atoms with Crippen LogP contribution in [-0.2, 0) is 11.2 Å². The van der Waals surface area contributed by atoms with Crippen LogP contribution in [0.3, 0.4) is 0 Å². The average Bonchev–Trinajstić information content (AvgIpc) is 3.34. The summed E-state index contributed by atoms with van der Waals surface area (Å²) in [6.45, 7) is 0.736. The summed E-state index contributed by atoms with van der Waals surface area (Å²) < 4.78 is 5.49. The maximum absolute atomic E-state index is 12.8. The Balaban J connectivity index is 1.55. The second-order valence-corrected chi connectivity index (χ2v) is 7.09. The fraction of sp³-hybridized carbons (Fsp3) is 0.333. The van der Waals surface area contributed by atoms with Gasteiger partial charge in [-0.15, -0.1) is 11.3 Å². The van der Waals surface area contributed by atoms with E-state index in [4.69, 9.17) is 4.52 Å². The number of carbonyl (C=O) groups is 1. The van der Waals surface area contributed by atoms with Gasteiger partial charge in [0, 0.05) is 29.4 Å². The number of hydrogen-bond donors (Lipinski definition) is 0. The number of carbonyl (C=O) groups excluding carboxylic acids is 1. The van der Waals surface area contributed by atoms with Crippen molar-refractivity contribution in [2.75, 3.05) is 6.54 Å². The summed E-state index contributed by atoms with van der Waals surface area (Å²) in [4.78, 5) is 24.3. The number of aromatic nitrogens is 3. The predicted molar refractivity (Wildman–Crippen MR) is 93.9 cm³/mol. The molecule has 0 radical (unpaired) electrons. The van der Waals surface area contributed by atoms with Gasteiger partial charge in [-0.3, -0.25) is 9.78 Å². The summed E-state index contributed by atoms with van der Waals surface area (Å²) in [5, 5.41) is 6.06. The van der Waals surface area contributed by atoms with E-state index in [1.165, 1.54) is 0 Å². The molecular weight excluding hydrogens is 336 g/mol. The van der Waals surface area contributed by atoms with Crippen LogP contribution < -0.4 is 0 Å². The van der Waals surface area contributed by atoms with Crippen molar-refractivity contribution in [3.8, 4) is 11.4 Å². The maximum atomic E-state index is 12.8. The highest BCUT2D eigenvalue weighted by atomic mass is 32.1. The van der Waals surface area contributed by atoms with Crippen molar-refractivity contribution in [2.24, 2.45) is 0 Å². The van der Waals surface area contributed by atoms with Gasteiger partial charge < -0.3 is 9.42 Å². The summed E-state index contributed by atoms with van der Waals surface area (Å²) in [5.74, 6) is 1.14. The van der Waals surface area contributed by atoms with E-state index >= 15 is 0 Å². The van der Waals surface area contributed by atoms with Crippen molar-refractivity contribution in [1.82, 2.24) is 20.0 Å². The van der Waals surface area contributed by atoms with Gasteiger partial charge in [-0.2, -0.15) is 4.98 Å². The van der Waals surface area contributed by atoms with E-state index in [2.05, 4.69) is 15.1 Å². The van der Waals surface area contributed by atoms with Crippen molar-refractivity contribution in [3.05, 3.63) is 52.8 Å². The molecule has 3 aromatic rings. The van der Waals surface area contributed by atoms with Gasteiger partial charge in [-0.1, -0.05) is 11.2 Å². The van der Waals surface area contributed by atoms with Crippen molar-refractivity contribution in [3.63, 3.8) is 0 Å². The molecule has 0 unspecified atom stereocenters. The highest BCUT2D eigenvalue weighted by Gasteiger charge is 2.32. The summed E-state index contributed by atoms with van der Waals surface area (Å²) in [7, 11) is 0. The first kappa shape index (κ1) is 16.0. The minimum Gasteiger partial charge on any atom is -0.337 e. The normalized spacial score (nSPS) is 17.6. The number of pyridine rings is 1. The van der Waals surface area contributed by atoms with Crippen LogP contribution in [-0.4, -0.2) is 32.5 Å². The molecule has 0 aromatic carbocycles. The quantitative estimate of drug-likeness (QED) is 0.717. The van der Waals surface area contributed by atoms with Crippen LogP contribution in [0.4, 0.5) is 0 Å². The number of amides is 1. The number of hydrogen-bond acceptors (Lipinski definition) is 6. The monoisotopic (exact) mass is 354 g/mol. The number of nitrogens with zero attached hydrogens (tertiary/aromatic N) is 4. The molecule has 3 aromatic heterocycles. The fourth-order valence-electron chi connectivity index (χ4n) is 3.13. The van der Waals surface area contributed by atoms with Crippen molar-refractivity contribution < 1.29 is 9.32 Å². The van der Waals surface area contributed by atoms with Crippen LogP contribution in [0.2, 0.25) is 0 Å². The molecule has 0 spiro atoms. The highest BCUT2D eigenvalue weighted by Crippen LogP contribution is 2.31. The van der Waals surface area contributed by atoms with Crippen LogP contribution in [0.5, 0.6) is 0 Å². The van der Waals surface area contributed by atoms with E-state index in [1.807, 2.05) is 34.5 Å². The number of likely N-dealkylation sites (tertiary alicyclic amines) is 1. The molecule has 1 aliphatic rings. The first-order valence-corrected chi connectivity index (χ1v) is 9.25. The first-order chi connectivity index (χ1) is 12.3. The third kappa shape index (κ3) is 3.46. The lowest BCUT2D eigenvalue weighted by molar-refractivity contribution is -0.134. The topological polar surface area (TPSA) is 72.1 Å². The van der Waals surface area contributed by atoms with Gasteiger partial charge in [0.2, 0.25) is 17.6 Å². The molecule has 6 nitrogen and oxygen atoms in total. The molecule has 1 fully saturated rings. The Labute approximate surface area is 149 Å². The molecule has 25 heavy (non-hydrogen) atoms. The van der Waals surface area contributed by atoms with Gasteiger partial charge in [0.05, 0.1) is 6.42 Å². The molecule has 1 aliphatic heterocycles. The van der Waals surface area contributed by atoms with Crippen molar-refractivity contribution >= 4 is 17.2 Å². The fourth-order valence-corrected chi connectivity index (χ4v) is 3.83. The summed E-state index contributed by atoms with van der Waals surface area (Å²) in [5.41, 5.74) is 0.810. The lowest BCUT2D eigenvalue weighted by Crippen LogP contribution is -2.39. The van der Waals surface area contributed by atoms with Crippen LogP contribution >= 0.6 is 11.3 Å². The molecule has 128 valence electrons. The van der Waals surface area contributed by atoms with E-state index in [9.17, 15) is 4.79 Å². The molecule has 4 rings (SSSR count). The predicted octanol–water partition coefficient (Wildman–Crippen LogP) is 3.49. The van der Waals surface area contributed by atoms with Crippen LogP contribution in [0.25, 0.3) is 11.4 Å². The molecular formula is C18H18N4O2S. The lowest BCUT2D eigenvalue weighted by Gasteiger charge is -2.33. The molecule has 1 saturated heterocycles. The second-order valence-electron chi connectivity index (χ2n) is 6.05. The smallest absolute Gasteiger partial charge is 0.249 e. The molecule has 4 heterocycles. The third-order valence-corrected chi connectivity index (χ3v) is 5.25. The van der Waals surface area contributed by atoms with E-state index in [0.717, 1.165) is 36.2 Å². The Morgan fingerprint density at radius 2 is 2.28 bits per heavy atom. The Hall–Kier alpha value is -2.54. The summed E-state index contributed by atoms with van der Waals surface area (Å²) >= 11 is 1.61. The minimum absolute atomic E-state index is 0.119. The Morgan fingerprint density at radius 3 is 3.08 bits per heavy atom. The first-order valence-electron chi connectivity index (χ1n) is 8.37. The number of piperidine rings is 1. The van der Waals surface area contributed by atoms with E-state index in [0.29, 0.717) is 18.1 Å². The van der Waals surface area contributed by atoms with Gasteiger partial charge in [-0.25, -0.2) is 0 Å². The van der Waals surface area contributed by atoms with Gasteiger partial charge in [0.15, 0.2) is 0 Å². The minimum atomic E-state index is -0.140. The molecule has 1 amide bonds. The van der Waals surface area contributed by atoms with Crippen LogP contribution in [0, 0.1) is 0 Å². The Morgan fingerprint density at radius 1 is 1.32 bits per heavy atom. The molecule has 0 saturated carbocycles. The standard InChI is InChI=1S/C18H18N4O2S/c23-16(11-14-6-4-10-25-14)22-9-2-1-7-15(22)18-20-17(21-24-18)13-5-3-8-19-12-13/h3-6,8,10,12,15H,1-2,7,9,11H2/t15-/m1/s1. The van der Waals surface area contributed by atoms with E-state index in [1.54, 1.807) is 23.7 Å². The SMILES string of the molecule is O=C(Cc1cccs1)N1CCCC[C@@H]1c1nc(-c2cccnc2)no1. The second kappa shape index (κ2) is 7.14. The highest BCUT2D eigenvalue weighted by molar-refractivity contribution is 7.10. The zero-order valence-electron chi connectivity index (χ0n) is 13.7. The van der Waals surface area contributed by atoms with Gasteiger partial charge in [-0.05, 0) is 42.8 Å². The molecule has 1 atom stereocenters. The van der Waals surface area contributed by atoms with Crippen molar-refractivity contribution in [1.29, 1.82) is 0 Å². The Kier molecular flexibility index (Phi) is 4.56. The zero-order valence-corrected chi connectivity index (χ0v) is 14.5. The molecule has 0 N–H and O–H groups in total. The maximum Gasteiger partial charge on any atom is 0.249 e. The Bertz CT molecular complexity index is 832. The molecule has 0 aliphatic carbocycles. The van der Waals surface area contributed by atoms with Gasteiger partial charge >= 0.3 is 0 Å². The van der Waals surface area contributed by atoms with Crippen LogP contribution in [0.15, 0.2) is 46.6 Å². The van der Waals surface area contributed by atoms with Gasteiger partial charge in [0.25, 0.3) is 0 Å². The van der Waals surface area contributed by atoms with Gasteiger partial charge in [0.1, 0.15) is 6.04 Å². The van der Waals surface area contributed by atoms with E-state index < -0.39 is 0 Å². The van der Waals surface area contributed by atoms with Crippen molar-refractivity contribution in [2.45, 2.75) is 31.7 Å². The average molecular weight is 354 g/mol. The van der Waals surface area contributed by atoms with E-state index in [-0.39, 0.29) is 11.9 Å². The summed E-state index contributed by atoms with van der Waals surface area (Å²) in [6.07, 6.45) is 6.75. The van der Waals surface area contributed by atoms with Crippen LogP contribution in [0.1, 0.15) is 36.1 Å². The summed E-state index contributed by atoms with van der Waals surface area (Å²) in [6, 6.07) is 7.55. The largest absolute Gasteiger partial charge is 0.337 e.